The molecule has 0 amide bonds. The van der Waals surface area contributed by atoms with Crippen molar-refractivity contribution in [1.29, 1.82) is 0 Å². The molecular weight excluding hydrogens is 446 g/mol. The molecule has 1 saturated heterocycles. The van der Waals surface area contributed by atoms with Crippen molar-refractivity contribution in [2.45, 2.75) is 70.4 Å². The number of rotatable bonds is 10. The molecule has 1 N–H and O–H groups in total. The van der Waals surface area contributed by atoms with E-state index in [0.717, 1.165) is 5.56 Å². The molecule has 0 saturated carbocycles. The Morgan fingerprint density at radius 3 is 2.03 bits per heavy atom. The first kappa shape index (κ1) is 26.2. The molecule has 8 heteroatoms. The van der Waals surface area contributed by atoms with E-state index in [9.17, 15) is 9.90 Å². The number of esters is 1. The predicted octanol–water partition coefficient (Wildman–Crippen LogP) is 4.49. The van der Waals surface area contributed by atoms with E-state index < -0.39 is 41.9 Å². The van der Waals surface area contributed by atoms with E-state index in [4.69, 9.17) is 14.2 Å². The lowest BCUT2D eigenvalue weighted by atomic mass is 9.82. The van der Waals surface area contributed by atoms with E-state index >= 15 is 8.78 Å². The molecule has 2 aromatic carbocycles. The molecule has 1 aliphatic rings. The van der Waals surface area contributed by atoms with Gasteiger partial charge >= 0.3 is 11.9 Å². The number of hydrogen-bond donors (Lipinski definition) is 1. The van der Waals surface area contributed by atoms with Crippen LogP contribution in [0, 0.1) is 5.92 Å². The zero-order valence-corrected chi connectivity index (χ0v) is 19.7. The van der Waals surface area contributed by atoms with Crippen molar-refractivity contribution >= 4 is 5.97 Å². The number of carbonyl (C=O) groups is 1. The Morgan fingerprint density at radius 2 is 1.53 bits per heavy atom. The van der Waals surface area contributed by atoms with E-state index in [1.807, 2.05) is 36.4 Å². The molecular formula is C26H32F2O6. The fourth-order valence-electron chi connectivity index (χ4n) is 4.16. The minimum Gasteiger partial charge on any atom is -0.461 e. The first-order valence-corrected chi connectivity index (χ1v) is 11.5. The molecule has 0 unspecified atom stereocenters. The minimum absolute atomic E-state index is 0.0925. The van der Waals surface area contributed by atoms with Gasteiger partial charge in [-0.1, -0.05) is 74.5 Å². The van der Waals surface area contributed by atoms with Gasteiger partial charge in [-0.05, 0) is 24.5 Å². The lowest BCUT2D eigenvalue weighted by Crippen LogP contribution is -2.71. The monoisotopic (exact) mass is 478 g/mol. The van der Waals surface area contributed by atoms with Crippen molar-refractivity contribution in [3.05, 3.63) is 71.8 Å². The third kappa shape index (κ3) is 5.46. The second kappa shape index (κ2) is 11.4. The van der Waals surface area contributed by atoms with Crippen LogP contribution < -0.4 is 0 Å². The van der Waals surface area contributed by atoms with E-state index in [2.05, 4.69) is 4.74 Å². The number of benzene rings is 2. The predicted molar refractivity (Wildman–Crippen MR) is 121 cm³/mol. The smallest absolute Gasteiger partial charge is 0.397 e. The number of halogens is 2. The zero-order chi connectivity index (χ0) is 24.8. The molecule has 0 aromatic heterocycles. The van der Waals surface area contributed by atoms with Gasteiger partial charge in [-0.25, -0.2) is 4.79 Å². The quantitative estimate of drug-likeness (QED) is 0.508. The van der Waals surface area contributed by atoms with Gasteiger partial charge in [0, 0.05) is 5.92 Å². The highest BCUT2D eigenvalue weighted by Gasteiger charge is 2.70. The maximum absolute atomic E-state index is 15.4. The van der Waals surface area contributed by atoms with Crippen molar-refractivity contribution in [2.24, 2.45) is 5.92 Å². The van der Waals surface area contributed by atoms with Crippen molar-refractivity contribution in [2.75, 3.05) is 6.61 Å². The van der Waals surface area contributed by atoms with Crippen LogP contribution in [0.25, 0.3) is 0 Å². The van der Waals surface area contributed by atoms with Gasteiger partial charge in [-0.2, -0.15) is 8.78 Å². The number of ether oxygens (including phenoxy) is 4. The molecule has 1 aliphatic heterocycles. The highest BCUT2D eigenvalue weighted by molar-refractivity contribution is 5.79. The van der Waals surface area contributed by atoms with Crippen molar-refractivity contribution in [1.82, 2.24) is 0 Å². The number of alkyl halides is 2. The van der Waals surface area contributed by atoms with Crippen LogP contribution >= 0.6 is 0 Å². The van der Waals surface area contributed by atoms with Gasteiger partial charge in [-0.3, -0.25) is 0 Å². The van der Waals surface area contributed by atoms with Crippen LogP contribution in [0.1, 0.15) is 38.3 Å². The maximum Gasteiger partial charge on any atom is 0.397 e. The Labute approximate surface area is 198 Å². The summed E-state index contributed by atoms with van der Waals surface area (Å²) < 4.78 is 53.0. The molecule has 1 fully saturated rings. The van der Waals surface area contributed by atoms with Crippen molar-refractivity contribution in [3.63, 3.8) is 0 Å². The lowest BCUT2D eigenvalue weighted by Gasteiger charge is -2.51. The Hall–Kier alpha value is -2.39. The Kier molecular flexibility index (Phi) is 8.76. The molecule has 0 aliphatic carbocycles. The van der Waals surface area contributed by atoms with Crippen LogP contribution in [0.15, 0.2) is 60.7 Å². The molecule has 3 rings (SSSR count). The molecule has 0 bridgehead atoms. The van der Waals surface area contributed by atoms with Crippen LogP contribution in [0.5, 0.6) is 0 Å². The van der Waals surface area contributed by atoms with Crippen molar-refractivity contribution in [3.8, 4) is 0 Å². The molecule has 2 aromatic rings. The summed E-state index contributed by atoms with van der Waals surface area (Å²) in [4.78, 5) is 12.2. The van der Waals surface area contributed by atoms with Crippen molar-refractivity contribution < 1.29 is 37.6 Å². The van der Waals surface area contributed by atoms with E-state index in [1.165, 1.54) is 6.92 Å². The summed E-state index contributed by atoms with van der Waals surface area (Å²) >= 11 is 0. The molecule has 0 radical (unpaired) electrons. The summed E-state index contributed by atoms with van der Waals surface area (Å²) in [7, 11) is 0. The maximum atomic E-state index is 15.4. The summed E-state index contributed by atoms with van der Waals surface area (Å²) in [6, 6.07) is 18.2. The minimum atomic E-state index is -4.40. The highest BCUT2D eigenvalue weighted by Crippen LogP contribution is 2.45. The topological polar surface area (TPSA) is 74.2 Å². The Balaban J connectivity index is 1.98. The third-order valence-electron chi connectivity index (χ3n) is 6.06. The van der Waals surface area contributed by atoms with Gasteiger partial charge in [0.1, 0.15) is 6.10 Å². The van der Waals surface area contributed by atoms with E-state index in [-0.39, 0.29) is 19.8 Å². The summed E-state index contributed by atoms with van der Waals surface area (Å²) in [5.41, 5.74) is 1.54. The zero-order valence-electron chi connectivity index (χ0n) is 19.7. The normalized spacial score (nSPS) is 27.4. The second-order valence-electron chi connectivity index (χ2n) is 8.39. The van der Waals surface area contributed by atoms with Gasteiger partial charge in [0.25, 0.3) is 5.79 Å². The molecule has 34 heavy (non-hydrogen) atoms. The molecule has 6 nitrogen and oxygen atoms in total. The summed E-state index contributed by atoms with van der Waals surface area (Å²) in [5.74, 6) is -9.97. The number of carbonyl (C=O) groups excluding carboxylic acids is 1. The van der Waals surface area contributed by atoms with Crippen LogP contribution in [-0.4, -0.2) is 47.7 Å². The summed E-state index contributed by atoms with van der Waals surface area (Å²) in [6.07, 6.45) is -3.15. The van der Waals surface area contributed by atoms with Gasteiger partial charge in [0.05, 0.1) is 32.0 Å². The summed E-state index contributed by atoms with van der Waals surface area (Å²) in [5, 5.41) is 11.3. The van der Waals surface area contributed by atoms with Crippen LogP contribution in [0.2, 0.25) is 0 Å². The summed E-state index contributed by atoms with van der Waals surface area (Å²) in [6.45, 7) is 4.70. The lowest BCUT2D eigenvalue weighted by molar-refractivity contribution is -0.406. The van der Waals surface area contributed by atoms with Crippen LogP contribution in [-0.2, 0) is 37.0 Å². The van der Waals surface area contributed by atoms with Gasteiger partial charge in [0.15, 0.2) is 0 Å². The first-order chi connectivity index (χ1) is 16.2. The largest absolute Gasteiger partial charge is 0.461 e. The van der Waals surface area contributed by atoms with E-state index in [1.54, 1.807) is 38.1 Å². The van der Waals surface area contributed by atoms with Gasteiger partial charge in [-0.15, -0.1) is 0 Å². The Bertz CT molecular complexity index is 910. The fraction of sp³-hybridized carbons (Fsp3) is 0.500. The fourth-order valence-corrected chi connectivity index (χ4v) is 4.16. The standard InChI is InChI=1S/C26H32F2O6/c1-4-21-18(3)22(32-16-19-12-8-6-9-13-19)23(33-17-20-14-10-7-11-15-20)26(30,34-21)25(27,28)24(29)31-5-2/h6-15,18,21-23,30H,4-5,16-17H2,1-3H3/t18-,21+,22-,23+,26+/m0/s1. The molecule has 0 spiro atoms. The van der Waals surface area contributed by atoms with Crippen LogP contribution in [0.4, 0.5) is 8.78 Å². The third-order valence-corrected chi connectivity index (χ3v) is 6.06. The van der Waals surface area contributed by atoms with E-state index in [0.29, 0.717) is 12.0 Å². The van der Waals surface area contributed by atoms with Gasteiger partial charge in [0.2, 0.25) is 0 Å². The number of hydrogen-bond acceptors (Lipinski definition) is 6. The van der Waals surface area contributed by atoms with Gasteiger partial charge < -0.3 is 24.1 Å². The molecule has 5 atom stereocenters. The SMILES string of the molecule is CCOC(=O)C(F)(F)[C@]1(O)O[C@H](CC)[C@H](C)[C@H](OCc2ccccc2)[C@H]1OCc1ccccc1. The second-order valence-corrected chi connectivity index (χ2v) is 8.39. The average molecular weight is 479 g/mol. The molecule has 186 valence electrons. The highest BCUT2D eigenvalue weighted by atomic mass is 19.3. The first-order valence-electron chi connectivity index (χ1n) is 11.5. The molecule has 1 heterocycles. The number of aliphatic hydroxyl groups is 1. The van der Waals surface area contributed by atoms with Crippen LogP contribution in [0.3, 0.4) is 0 Å². The Morgan fingerprint density at radius 1 is 1.00 bits per heavy atom. The average Bonchev–Trinajstić information content (AvgIpc) is 2.84.